The number of methoxy groups -OCH3 is 1. The van der Waals surface area contributed by atoms with Gasteiger partial charge in [-0.2, -0.15) is 0 Å². The van der Waals surface area contributed by atoms with Crippen LogP contribution in [-0.4, -0.2) is 7.11 Å². The van der Waals surface area contributed by atoms with Gasteiger partial charge >= 0.3 is 29.6 Å². The van der Waals surface area contributed by atoms with Crippen LogP contribution in [-0.2, 0) is 0 Å². The number of benzene rings is 1. The maximum absolute atomic E-state index is 11.2. The molecule has 0 aliphatic rings. The Hall–Kier alpha value is -1.29. The normalized spacial score (nSPS) is 9.39. The molecule has 3 nitrogen and oxygen atoms in total. The average Bonchev–Trinajstić information content (AvgIpc) is 2.53. The Kier molecular flexibility index (Phi) is 5.41. The van der Waals surface area contributed by atoms with Gasteiger partial charge < -0.3 is 9.84 Å². The summed E-state index contributed by atoms with van der Waals surface area (Å²) < 4.78 is 5.06. The van der Waals surface area contributed by atoms with E-state index in [0.717, 1.165) is 16.9 Å². The molecule has 0 bridgehead atoms. The molecule has 0 saturated carbocycles. The number of hydrogen-bond donors (Lipinski definition) is 0. The third-order valence-corrected chi connectivity index (χ3v) is 2.49. The predicted molar refractivity (Wildman–Crippen MR) is 64.1 cm³/mol. The molecule has 0 radical (unpaired) electrons. The quantitative estimate of drug-likeness (QED) is 0.629. The van der Waals surface area contributed by atoms with E-state index in [-0.39, 0.29) is 29.6 Å². The van der Waals surface area contributed by atoms with Gasteiger partial charge in [-0.3, -0.25) is 4.79 Å². The standard InChI is InChI=1S/C14H12O3.Na/c1-17-12-6-2-10(3-7-12)11-4-8-13(15)14(16)9-5-11;/h2-9H,1H3,(H,15,16);/q;+1/p-1. The Bertz CT molecular complexity index is 579. The summed E-state index contributed by atoms with van der Waals surface area (Å²) >= 11 is 0. The molecule has 0 aliphatic heterocycles. The van der Waals surface area contributed by atoms with Crippen LogP contribution in [0.3, 0.4) is 0 Å². The van der Waals surface area contributed by atoms with Crippen molar-refractivity contribution in [2.75, 3.05) is 7.11 Å². The van der Waals surface area contributed by atoms with Gasteiger partial charge in [0.25, 0.3) is 0 Å². The third-order valence-electron chi connectivity index (χ3n) is 2.49. The first-order valence-electron chi connectivity index (χ1n) is 5.16. The van der Waals surface area contributed by atoms with Crippen molar-refractivity contribution in [3.63, 3.8) is 0 Å². The molecule has 0 atom stereocenters. The van der Waals surface area contributed by atoms with E-state index in [0.29, 0.717) is 0 Å². The minimum absolute atomic E-state index is 0. The Labute approximate surface area is 127 Å². The van der Waals surface area contributed by atoms with Crippen LogP contribution in [0, 0.1) is 0 Å². The molecule has 0 saturated heterocycles. The summed E-state index contributed by atoms with van der Waals surface area (Å²) in [5.41, 5.74) is 1.26. The van der Waals surface area contributed by atoms with E-state index >= 15 is 0 Å². The molecule has 0 N–H and O–H groups in total. The zero-order valence-corrected chi connectivity index (χ0v) is 12.3. The minimum Gasteiger partial charge on any atom is -0.870 e. The summed E-state index contributed by atoms with van der Waals surface area (Å²) in [6.45, 7) is 0. The van der Waals surface area contributed by atoms with Gasteiger partial charge in [0.1, 0.15) is 5.75 Å². The van der Waals surface area contributed by atoms with Crippen LogP contribution >= 0.6 is 0 Å². The van der Waals surface area contributed by atoms with Crippen LogP contribution in [0.5, 0.6) is 11.5 Å². The van der Waals surface area contributed by atoms with E-state index in [9.17, 15) is 9.90 Å². The van der Waals surface area contributed by atoms with Crippen molar-refractivity contribution in [3.8, 4) is 22.6 Å². The van der Waals surface area contributed by atoms with Gasteiger partial charge in [-0.15, -0.1) is 0 Å². The molecule has 0 fully saturated rings. The van der Waals surface area contributed by atoms with Crippen molar-refractivity contribution in [1.29, 1.82) is 0 Å². The molecule has 4 heteroatoms. The Morgan fingerprint density at radius 2 is 1.39 bits per heavy atom. The molecule has 86 valence electrons. The van der Waals surface area contributed by atoms with Crippen molar-refractivity contribution in [3.05, 3.63) is 58.8 Å². The number of ether oxygens (including phenoxy) is 1. The molecule has 0 aliphatic carbocycles. The fourth-order valence-corrected chi connectivity index (χ4v) is 1.53. The van der Waals surface area contributed by atoms with E-state index in [4.69, 9.17) is 4.74 Å². The smallest absolute Gasteiger partial charge is 0.870 e. The van der Waals surface area contributed by atoms with E-state index < -0.39 is 11.2 Å². The largest absolute Gasteiger partial charge is 1.00 e. The summed E-state index contributed by atoms with van der Waals surface area (Å²) in [4.78, 5) is 11.2. The van der Waals surface area contributed by atoms with Crippen LogP contribution in [0.2, 0.25) is 0 Å². The molecule has 2 rings (SSSR count). The second-order valence-electron chi connectivity index (χ2n) is 3.58. The van der Waals surface area contributed by atoms with E-state index in [1.54, 1.807) is 19.2 Å². The molecular weight excluding hydrogens is 239 g/mol. The van der Waals surface area contributed by atoms with Gasteiger partial charge in [-0.1, -0.05) is 36.1 Å². The van der Waals surface area contributed by atoms with Crippen molar-refractivity contribution < 1.29 is 39.4 Å². The maximum atomic E-state index is 11.2. The van der Waals surface area contributed by atoms with E-state index in [2.05, 4.69) is 0 Å². The number of hydrogen-bond acceptors (Lipinski definition) is 3. The predicted octanol–water partition coefficient (Wildman–Crippen LogP) is -1.20. The van der Waals surface area contributed by atoms with Crippen LogP contribution in [0.4, 0.5) is 0 Å². The molecule has 0 unspecified atom stereocenters. The fraction of sp³-hybridized carbons (Fsp3) is 0.0714. The molecule has 2 aromatic carbocycles. The van der Waals surface area contributed by atoms with Crippen LogP contribution in [0.1, 0.15) is 0 Å². The first-order valence-corrected chi connectivity index (χ1v) is 5.16. The van der Waals surface area contributed by atoms with Crippen LogP contribution in [0.25, 0.3) is 11.1 Å². The first kappa shape index (κ1) is 14.8. The van der Waals surface area contributed by atoms with Gasteiger partial charge in [0.05, 0.1) is 7.11 Å². The Balaban J connectivity index is 0.00000162. The number of rotatable bonds is 2. The van der Waals surface area contributed by atoms with Crippen LogP contribution < -0.4 is 44.8 Å². The fourth-order valence-electron chi connectivity index (χ4n) is 1.53. The molecule has 0 amide bonds. The van der Waals surface area contributed by atoms with Gasteiger partial charge in [-0.05, 0) is 29.3 Å². The van der Waals surface area contributed by atoms with E-state index in [1.807, 2.05) is 24.3 Å². The molecule has 2 aromatic rings. The van der Waals surface area contributed by atoms with Gasteiger partial charge in [-0.25, -0.2) is 0 Å². The molecule has 0 heterocycles. The molecule has 0 spiro atoms. The summed E-state index contributed by atoms with van der Waals surface area (Å²) in [5.74, 6) is 0.271. The van der Waals surface area contributed by atoms with Gasteiger partial charge in [0.2, 0.25) is 0 Å². The Morgan fingerprint density at radius 3 is 1.94 bits per heavy atom. The summed E-state index contributed by atoms with van der Waals surface area (Å²) in [6, 6.07) is 13.3. The van der Waals surface area contributed by atoms with Crippen molar-refractivity contribution in [2.24, 2.45) is 0 Å². The topological polar surface area (TPSA) is 49.4 Å². The summed E-state index contributed by atoms with van der Waals surface area (Å²) in [5, 5.41) is 11.2. The first-order chi connectivity index (χ1) is 8.20. The van der Waals surface area contributed by atoms with Gasteiger partial charge in [0.15, 0.2) is 5.43 Å². The molecule has 0 aromatic heterocycles. The maximum Gasteiger partial charge on any atom is 1.00 e. The third kappa shape index (κ3) is 3.35. The molecular formula is C14H11NaO3. The Morgan fingerprint density at radius 1 is 0.889 bits per heavy atom. The zero-order valence-electron chi connectivity index (χ0n) is 10.3. The monoisotopic (exact) mass is 250 g/mol. The minimum atomic E-state index is -0.496. The second kappa shape index (κ2) is 6.59. The van der Waals surface area contributed by atoms with Crippen LogP contribution in [0.15, 0.2) is 53.3 Å². The summed E-state index contributed by atoms with van der Waals surface area (Å²) in [7, 11) is 1.60. The average molecular weight is 250 g/mol. The van der Waals surface area contributed by atoms with Gasteiger partial charge in [0, 0.05) is 0 Å². The summed E-state index contributed by atoms with van der Waals surface area (Å²) in [6.07, 6.45) is 0. The van der Waals surface area contributed by atoms with Crippen molar-refractivity contribution >= 4 is 0 Å². The van der Waals surface area contributed by atoms with Crippen molar-refractivity contribution in [2.45, 2.75) is 0 Å². The SMILES string of the molecule is COc1ccc(-c2ccc([O-])c(=O)cc2)cc1.[Na+]. The zero-order chi connectivity index (χ0) is 12.3. The molecule has 18 heavy (non-hydrogen) atoms. The van der Waals surface area contributed by atoms with E-state index in [1.165, 1.54) is 12.1 Å². The van der Waals surface area contributed by atoms with Crippen molar-refractivity contribution in [1.82, 2.24) is 0 Å². The second-order valence-corrected chi connectivity index (χ2v) is 3.58.